The first kappa shape index (κ1) is 16.3. The van der Waals surface area contributed by atoms with Crippen molar-refractivity contribution in [2.45, 2.75) is 50.5 Å². The first-order valence-electron chi connectivity index (χ1n) is 7.86. The Kier molecular flexibility index (Phi) is 5.41. The van der Waals surface area contributed by atoms with E-state index in [0.717, 1.165) is 12.8 Å². The van der Waals surface area contributed by atoms with E-state index in [4.69, 9.17) is 5.11 Å². The molecule has 0 bridgehead atoms. The van der Waals surface area contributed by atoms with Gasteiger partial charge < -0.3 is 15.7 Å². The Balaban J connectivity index is 2.00. The van der Waals surface area contributed by atoms with Crippen molar-refractivity contribution in [1.29, 1.82) is 0 Å². The number of aliphatic carboxylic acids is 1. The predicted molar refractivity (Wildman–Crippen MR) is 84.8 cm³/mol. The van der Waals surface area contributed by atoms with Gasteiger partial charge in [0.2, 0.25) is 0 Å². The molecule has 1 aromatic carbocycles. The molecule has 0 radical (unpaired) electrons. The van der Waals surface area contributed by atoms with Crippen molar-refractivity contribution >= 4 is 12.0 Å². The SMILES string of the molecule is CC(NC(=O)NCCC(=O)O)C1(c2ccccc2)CCCC1. The maximum absolute atomic E-state index is 12.0. The molecule has 2 rings (SSSR count). The van der Waals surface area contributed by atoms with Crippen molar-refractivity contribution in [3.8, 4) is 0 Å². The number of amides is 2. The molecule has 5 nitrogen and oxygen atoms in total. The summed E-state index contributed by atoms with van der Waals surface area (Å²) >= 11 is 0. The average molecular weight is 304 g/mol. The maximum atomic E-state index is 12.0. The van der Waals surface area contributed by atoms with Crippen LogP contribution in [-0.2, 0) is 10.2 Å². The summed E-state index contributed by atoms with van der Waals surface area (Å²) in [7, 11) is 0. The van der Waals surface area contributed by atoms with Gasteiger partial charge in [0.25, 0.3) is 0 Å². The van der Waals surface area contributed by atoms with E-state index < -0.39 is 5.97 Å². The summed E-state index contributed by atoms with van der Waals surface area (Å²) in [6.45, 7) is 2.18. The topological polar surface area (TPSA) is 78.4 Å². The summed E-state index contributed by atoms with van der Waals surface area (Å²) in [5.74, 6) is -0.912. The Morgan fingerprint density at radius 3 is 2.45 bits per heavy atom. The molecule has 0 aliphatic heterocycles. The van der Waals surface area contributed by atoms with Gasteiger partial charge >= 0.3 is 12.0 Å². The zero-order valence-electron chi connectivity index (χ0n) is 13.0. The van der Waals surface area contributed by atoms with Gasteiger partial charge in [0, 0.05) is 18.0 Å². The Labute approximate surface area is 131 Å². The van der Waals surface area contributed by atoms with Gasteiger partial charge in [0.15, 0.2) is 0 Å². The Morgan fingerprint density at radius 2 is 1.86 bits per heavy atom. The fourth-order valence-electron chi connectivity index (χ4n) is 3.42. The van der Waals surface area contributed by atoms with Crippen LogP contribution >= 0.6 is 0 Å². The van der Waals surface area contributed by atoms with E-state index in [0.29, 0.717) is 0 Å². The number of nitrogens with one attached hydrogen (secondary N) is 2. The van der Waals surface area contributed by atoms with Gasteiger partial charge in [-0.2, -0.15) is 0 Å². The van der Waals surface area contributed by atoms with Crippen LogP contribution in [-0.4, -0.2) is 29.7 Å². The highest BCUT2D eigenvalue weighted by atomic mass is 16.4. The first-order valence-corrected chi connectivity index (χ1v) is 7.86. The molecule has 0 heterocycles. The van der Waals surface area contributed by atoms with Gasteiger partial charge in [0.1, 0.15) is 0 Å². The van der Waals surface area contributed by atoms with E-state index in [1.165, 1.54) is 18.4 Å². The highest BCUT2D eigenvalue weighted by Gasteiger charge is 2.41. The molecular weight excluding hydrogens is 280 g/mol. The molecule has 1 fully saturated rings. The van der Waals surface area contributed by atoms with Crippen LogP contribution in [0.25, 0.3) is 0 Å². The van der Waals surface area contributed by atoms with Crippen LogP contribution < -0.4 is 10.6 Å². The molecule has 3 N–H and O–H groups in total. The van der Waals surface area contributed by atoms with Gasteiger partial charge in [-0.1, -0.05) is 43.2 Å². The van der Waals surface area contributed by atoms with Gasteiger partial charge in [-0.05, 0) is 25.3 Å². The van der Waals surface area contributed by atoms with Crippen LogP contribution in [0.4, 0.5) is 4.79 Å². The van der Waals surface area contributed by atoms with Gasteiger partial charge in [-0.3, -0.25) is 4.79 Å². The molecule has 5 heteroatoms. The fraction of sp³-hybridized carbons (Fsp3) is 0.529. The van der Waals surface area contributed by atoms with Crippen molar-refractivity contribution in [1.82, 2.24) is 10.6 Å². The van der Waals surface area contributed by atoms with Gasteiger partial charge in [0.05, 0.1) is 6.42 Å². The Morgan fingerprint density at radius 1 is 1.23 bits per heavy atom. The Hall–Kier alpha value is -2.04. The zero-order chi connectivity index (χ0) is 16.0. The number of rotatable bonds is 6. The summed E-state index contributed by atoms with van der Waals surface area (Å²) in [5.41, 5.74) is 1.25. The van der Waals surface area contributed by atoms with Crippen molar-refractivity contribution in [2.24, 2.45) is 0 Å². The third-order valence-electron chi connectivity index (χ3n) is 4.65. The second-order valence-corrected chi connectivity index (χ2v) is 5.99. The summed E-state index contributed by atoms with van der Waals surface area (Å²) < 4.78 is 0. The lowest BCUT2D eigenvalue weighted by Crippen LogP contribution is -2.50. The molecular formula is C17H24N2O3. The minimum atomic E-state index is -0.912. The van der Waals surface area contributed by atoms with Crippen LogP contribution in [0.15, 0.2) is 30.3 Å². The van der Waals surface area contributed by atoms with Crippen LogP contribution in [0, 0.1) is 0 Å². The quantitative estimate of drug-likeness (QED) is 0.756. The van der Waals surface area contributed by atoms with E-state index in [2.05, 4.69) is 22.8 Å². The number of benzene rings is 1. The van der Waals surface area contributed by atoms with Crippen LogP contribution in [0.5, 0.6) is 0 Å². The average Bonchev–Trinajstić information content (AvgIpc) is 2.98. The van der Waals surface area contributed by atoms with Crippen molar-refractivity contribution in [3.05, 3.63) is 35.9 Å². The number of carboxylic acids is 1. The predicted octanol–water partition coefficient (Wildman–Crippen LogP) is 2.66. The largest absolute Gasteiger partial charge is 0.481 e. The van der Waals surface area contributed by atoms with Crippen molar-refractivity contribution < 1.29 is 14.7 Å². The molecule has 2 amide bonds. The fourth-order valence-corrected chi connectivity index (χ4v) is 3.42. The monoisotopic (exact) mass is 304 g/mol. The lowest BCUT2D eigenvalue weighted by Gasteiger charge is -2.36. The normalized spacial score (nSPS) is 17.7. The van der Waals surface area contributed by atoms with Crippen LogP contribution in [0.3, 0.4) is 0 Å². The summed E-state index contributed by atoms with van der Waals surface area (Å²) in [6.07, 6.45) is 4.40. The number of carboxylic acid groups (broad SMARTS) is 1. The molecule has 1 aliphatic rings. The summed E-state index contributed by atoms with van der Waals surface area (Å²) in [4.78, 5) is 22.4. The molecule has 1 aliphatic carbocycles. The Bertz CT molecular complexity index is 510. The molecule has 120 valence electrons. The minimum absolute atomic E-state index is 0.00206. The molecule has 1 saturated carbocycles. The van der Waals surface area contributed by atoms with E-state index in [1.54, 1.807) is 0 Å². The van der Waals surface area contributed by atoms with Crippen LogP contribution in [0.1, 0.15) is 44.6 Å². The van der Waals surface area contributed by atoms with E-state index in [9.17, 15) is 9.59 Å². The summed E-state index contributed by atoms with van der Waals surface area (Å²) in [6, 6.07) is 10.0. The lowest BCUT2D eigenvalue weighted by molar-refractivity contribution is -0.136. The smallest absolute Gasteiger partial charge is 0.315 e. The lowest BCUT2D eigenvalue weighted by atomic mass is 9.73. The highest BCUT2D eigenvalue weighted by Crippen LogP contribution is 2.43. The number of carbonyl (C=O) groups excluding carboxylic acids is 1. The highest BCUT2D eigenvalue weighted by molar-refractivity contribution is 5.75. The van der Waals surface area contributed by atoms with Gasteiger partial charge in [-0.25, -0.2) is 4.79 Å². The third-order valence-corrected chi connectivity index (χ3v) is 4.65. The van der Waals surface area contributed by atoms with E-state index in [1.807, 2.05) is 25.1 Å². The van der Waals surface area contributed by atoms with Crippen LogP contribution in [0.2, 0.25) is 0 Å². The van der Waals surface area contributed by atoms with E-state index in [-0.39, 0.29) is 30.5 Å². The number of carbonyl (C=O) groups is 2. The summed E-state index contributed by atoms with van der Waals surface area (Å²) in [5, 5.41) is 14.2. The second kappa shape index (κ2) is 7.29. The van der Waals surface area contributed by atoms with Gasteiger partial charge in [-0.15, -0.1) is 0 Å². The zero-order valence-corrected chi connectivity index (χ0v) is 13.0. The molecule has 22 heavy (non-hydrogen) atoms. The number of urea groups is 1. The standard InChI is InChI=1S/C17H24N2O3/c1-13(19-16(22)18-12-9-15(20)21)17(10-5-6-11-17)14-7-3-2-4-8-14/h2-4,7-8,13H,5-6,9-12H2,1H3,(H,20,21)(H2,18,19,22). The molecule has 1 atom stereocenters. The molecule has 1 unspecified atom stereocenters. The molecule has 0 spiro atoms. The minimum Gasteiger partial charge on any atom is -0.481 e. The van der Waals surface area contributed by atoms with Crippen molar-refractivity contribution in [2.75, 3.05) is 6.54 Å². The third kappa shape index (κ3) is 3.78. The van der Waals surface area contributed by atoms with Crippen molar-refractivity contribution in [3.63, 3.8) is 0 Å². The molecule has 0 aromatic heterocycles. The van der Waals surface area contributed by atoms with E-state index >= 15 is 0 Å². The maximum Gasteiger partial charge on any atom is 0.315 e. The molecule has 0 saturated heterocycles. The number of hydrogen-bond acceptors (Lipinski definition) is 2. The molecule has 1 aromatic rings. The number of hydrogen-bond donors (Lipinski definition) is 3. The first-order chi connectivity index (χ1) is 10.5. The second-order valence-electron chi connectivity index (χ2n) is 5.99.